The Balaban J connectivity index is 2.07. The van der Waals surface area contributed by atoms with E-state index in [9.17, 15) is 0 Å². The fraction of sp³-hybridized carbons (Fsp3) is 0.923. The first-order valence-electron chi connectivity index (χ1n) is 6.99. The second-order valence-corrected chi connectivity index (χ2v) is 6.47. The lowest BCUT2D eigenvalue weighted by Crippen LogP contribution is -2.36. The van der Waals surface area contributed by atoms with Gasteiger partial charge < -0.3 is 5.32 Å². The standard InChI is InChI=1S/C13H25N5/c1-10-7-5-6-8-11(10)18-12(15-16-17-18)9-14-13(2,3)4/h10-11,14H,5-9H2,1-4H3. The van der Waals surface area contributed by atoms with Gasteiger partial charge in [-0.25, -0.2) is 4.68 Å². The largest absolute Gasteiger partial charge is 0.305 e. The topological polar surface area (TPSA) is 55.6 Å². The van der Waals surface area contributed by atoms with Gasteiger partial charge in [0, 0.05) is 5.54 Å². The van der Waals surface area contributed by atoms with Gasteiger partial charge in [0.2, 0.25) is 0 Å². The van der Waals surface area contributed by atoms with E-state index >= 15 is 0 Å². The number of hydrogen-bond acceptors (Lipinski definition) is 4. The van der Waals surface area contributed by atoms with E-state index < -0.39 is 0 Å². The third-order valence-corrected chi connectivity index (χ3v) is 3.72. The van der Waals surface area contributed by atoms with Crippen LogP contribution in [0.1, 0.15) is 65.2 Å². The Bertz CT molecular complexity index is 379. The Morgan fingerprint density at radius 1 is 1.28 bits per heavy atom. The van der Waals surface area contributed by atoms with E-state index in [-0.39, 0.29) is 5.54 Å². The highest BCUT2D eigenvalue weighted by Gasteiger charge is 2.26. The minimum atomic E-state index is 0.0922. The van der Waals surface area contributed by atoms with Gasteiger partial charge >= 0.3 is 0 Å². The second kappa shape index (κ2) is 5.34. The van der Waals surface area contributed by atoms with Crippen LogP contribution in [-0.2, 0) is 6.54 Å². The molecule has 1 aliphatic rings. The molecule has 0 spiro atoms. The summed E-state index contributed by atoms with van der Waals surface area (Å²) in [6, 6.07) is 0.477. The predicted octanol–water partition coefficient (Wildman–Crippen LogP) is 2.31. The minimum absolute atomic E-state index is 0.0922. The molecule has 1 aliphatic carbocycles. The van der Waals surface area contributed by atoms with Crippen molar-refractivity contribution in [2.75, 3.05) is 0 Å². The van der Waals surface area contributed by atoms with Crippen molar-refractivity contribution in [3.63, 3.8) is 0 Å². The Morgan fingerprint density at radius 3 is 2.67 bits per heavy atom. The fourth-order valence-corrected chi connectivity index (χ4v) is 2.59. The fourth-order valence-electron chi connectivity index (χ4n) is 2.59. The molecule has 1 aromatic heterocycles. The Kier molecular flexibility index (Phi) is 4.00. The molecular formula is C13H25N5. The van der Waals surface area contributed by atoms with Crippen LogP contribution < -0.4 is 5.32 Å². The lowest BCUT2D eigenvalue weighted by atomic mass is 9.86. The minimum Gasteiger partial charge on any atom is -0.305 e. The highest BCUT2D eigenvalue weighted by Crippen LogP contribution is 2.33. The molecule has 1 heterocycles. The van der Waals surface area contributed by atoms with Gasteiger partial charge in [-0.05, 0) is 50.0 Å². The van der Waals surface area contributed by atoms with Crippen LogP contribution in [0.4, 0.5) is 0 Å². The maximum atomic E-state index is 4.21. The summed E-state index contributed by atoms with van der Waals surface area (Å²) in [6.07, 6.45) is 5.13. The average molecular weight is 251 g/mol. The molecule has 0 radical (unpaired) electrons. The lowest BCUT2D eigenvalue weighted by molar-refractivity contribution is 0.229. The van der Waals surface area contributed by atoms with Crippen molar-refractivity contribution in [3.8, 4) is 0 Å². The maximum absolute atomic E-state index is 4.21. The molecular weight excluding hydrogens is 226 g/mol. The predicted molar refractivity (Wildman–Crippen MR) is 71.1 cm³/mol. The number of rotatable bonds is 3. The van der Waals surface area contributed by atoms with Crippen molar-refractivity contribution < 1.29 is 0 Å². The van der Waals surface area contributed by atoms with Gasteiger partial charge in [-0.3, -0.25) is 0 Å². The zero-order valence-corrected chi connectivity index (χ0v) is 12.0. The molecule has 102 valence electrons. The summed E-state index contributed by atoms with van der Waals surface area (Å²) in [6.45, 7) is 9.52. The SMILES string of the molecule is CC1CCCCC1n1nnnc1CNC(C)(C)C. The van der Waals surface area contributed by atoms with Crippen LogP contribution in [0.2, 0.25) is 0 Å². The van der Waals surface area contributed by atoms with Gasteiger partial charge in [-0.15, -0.1) is 5.10 Å². The molecule has 0 saturated heterocycles. The van der Waals surface area contributed by atoms with Crippen molar-refractivity contribution in [2.24, 2.45) is 5.92 Å². The Morgan fingerprint density at radius 2 is 2.00 bits per heavy atom. The van der Waals surface area contributed by atoms with E-state index in [2.05, 4.69) is 48.5 Å². The Labute approximate surface area is 109 Å². The number of aromatic nitrogens is 4. The summed E-state index contributed by atoms with van der Waals surface area (Å²) < 4.78 is 2.04. The smallest absolute Gasteiger partial charge is 0.165 e. The lowest BCUT2D eigenvalue weighted by Gasteiger charge is -2.29. The molecule has 5 heteroatoms. The monoisotopic (exact) mass is 251 g/mol. The molecule has 1 aromatic rings. The summed E-state index contributed by atoms with van der Waals surface area (Å²) in [4.78, 5) is 0. The van der Waals surface area contributed by atoms with Crippen LogP contribution in [0.5, 0.6) is 0 Å². The van der Waals surface area contributed by atoms with Crippen LogP contribution >= 0.6 is 0 Å². The van der Waals surface area contributed by atoms with Gasteiger partial charge in [-0.2, -0.15) is 0 Å². The van der Waals surface area contributed by atoms with Crippen molar-refractivity contribution in [3.05, 3.63) is 5.82 Å². The quantitative estimate of drug-likeness (QED) is 0.895. The van der Waals surface area contributed by atoms with E-state index in [4.69, 9.17) is 0 Å². The van der Waals surface area contributed by atoms with Crippen LogP contribution in [-0.4, -0.2) is 25.7 Å². The van der Waals surface area contributed by atoms with Gasteiger partial charge in [0.05, 0.1) is 12.6 Å². The summed E-state index contributed by atoms with van der Waals surface area (Å²) >= 11 is 0. The van der Waals surface area contributed by atoms with Crippen molar-refractivity contribution in [2.45, 2.75) is 71.5 Å². The van der Waals surface area contributed by atoms with Gasteiger partial charge in [0.25, 0.3) is 0 Å². The van der Waals surface area contributed by atoms with E-state index in [1.807, 2.05) is 4.68 Å². The van der Waals surface area contributed by atoms with Crippen LogP contribution in [0.3, 0.4) is 0 Å². The molecule has 0 aliphatic heterocycles. The molecule has 5 nitrogen and oxygen atoms in total. The highest BCUT2D eigenvalue weighted by atomic mass is 15.6. The molecule has 18 heavy (non-hydrogen) atoms. The zero-order chi connectivity index (χ0) is 13.2. The van der Waals surface area contributed by atoms with Crippen LogP contribution in [0.15, 0.2) is 0 Å². The van der Waals surface area contributed by atoms with Gasteiger partial charge in [0.1, 0.15) is 0 Å². The first-order valence-corrected chi connectivity index (χ1v) is 6.99. The van der Waals surface area contributed by atoms with Gasteiger partial charge in [0.15, 0.2) is 5.82 Å². The summed E-state index contributed by atoms with van der Waals surface area (Å²) in [5.74, 6) is 1.64. The maximum Gasteiger partial charge on any atom is 0.165 e. The molecule has 1 saturated carbocycles. The highest BCUT2D eigenvalue weighted by molar-refractivity contribution is 4.89. The first kappa shape index (κ1) is 13.5. The summed E-state index contributed by atoms with van der Waals surface area (Å²) in [5, 5.41) is 15.7. The Hall–Kier alpha value is -0.970. The first-order chi connectivity index (χ1) is 8.47. The number of nitrogens with one attached hydrogen (secondary N) is 1. The van der Waals surface area contributed by atoms with Crippen molar-refractivity contribution in [1.29, 1.82) is 0 Å². The van der Waals surface area contributed by atoms with E-state index in [0.29, 0.717) is 12.0 Å². The number of hydrogen-bond donors (Lipinski definition) is 1. The molecule has 2 rings (SSSR count). The van der Waals surface area contributed by atoms with E-state index in [1.54, 1.807) is 0 Å². The third kappa shape index (κ3) is 3.28. The van der Waals surface area contributed by atoms with Crippen molar-refractivity contribution >= 4 is 0 Å². The summed E-state index contributed by atoms with van der Waals surface area (Å²) in [7, 11) is 0. The zero-order valence-electron chi connectivity index (χ0n) is 12.0. The molecule has 0 aromatic carbocycles. The summed E-state index contributed by atoms with van der Waals surface area (Å²) in [5.41, 5.74) is 0.0922. The van der Waals surface area contributed by atoms with Crippen LogP contribution in [0.25, 0.3) is 0 Å². The number of tetrazole rings is 1. The normalized spacial score (nSPS) is 25.3. The molecule has 2 atom stereocenters. The van der Waals surface area contributed by atoms with Gasteiger partial charge in [-0.1, -0.05) is 19.8 Å². The van der Waals surface area contributed by atoms with Crippen molar-refractivity contribution in [1.82, 2.24) is 25.5 Å². The number of nitrogens with zero attached hydrogens (tertiary/aromatic N) is 4. The molecule has 0 bridgehead atoms. The average Bonchev–Trinajstić information content (AvgIpc) is 2.74. The molecule has 1 fully saturated rings. The molecule has 1 N–H and O–H groups in total. The van der Waals surface area contributed by atoms with E-state index in [1.165, 1.54) is 25.7 Å². The van der Waals surface area contributed by atoms with E-state index in [0.717, 1.165) is 12.4 Å². The molecule has 0 amide bonds. The second-order valence-electron chi connectivity index (χ2n) is 6.47. The third-order valence-electron chi connectivity index (χ3n) is 3.72. The van der Waals surface area contributed by atoms with Crippen LogP contribution in [0, 0.1) is 5.92 Å². The molecule has 2 unspecified atom stereocenters.